The number of ether oxygens (including phenoxy) is 1. The van der Waals surface area contributed by atoms with E-state index in [2.05, 4.69) is 11.7 Å². The molecule has 0 aromatic carbocycles. The first kappa shape index (κ1) is 14.3. The van der Waals surface area contributed by atoms with Gasteiger partial charge in [-0.15, -0.1) is 0 Å². The Hall–Kier alpha value is -0.730. The van der Waals surface area contributed by atoms with Crippen LogP contribution in [0.2, 0.25) is 0 Å². The van der Waals surface area contributed by atoms with Gasteiger partial charge in [-0.2, -0.15) is 0 Å². The van der Waals surface area contributed by atoms with Crippen molar-refractivity contribution in [2.24, 2.45) is 0 Å². The second-order valence-corrected chi connectivity index (χ2v) is 4.01. The van der Waals surface area contributed by atoms with Crippen molar-refractivity contribution >= 4 is 6.09 Å². The molecule has 0 rings (SSSR count). The first-order chi connectivity index (χ1) is 7.22. The molecule has 0 spiro atoms. The molecule has 0 N–H and O–H groups in total. The average Bonchev–Trinajstić information content (AvgIpc) is 2.26. The second-order valence-electron chi connectivity index (χ2n) is 4.01. The van der Waals surface area contributed by atoms with Crippen LogP contribution >= 0.6 is 0 Å². The van der Waals surface area contributed by atoms with Crippen LogP contribution in [0.25, 0.3) is 0 Å². The minimum atomic E-state index is -0.235. The number of carbonyl (C=O) groups is 1. The van der Waals surface area contributed by atoms with Crippen LogP contribution in [0.1, 0.15) is 51.9 Å². The first-order valence-corrected chi connectivity index (χ1v) is 6.01. The summed E-state index contributed by atoms with van der Waals surface area (Å²) in [5.41, 5.74) is 0. The highest BCUT2D eigenvalue weighted by atomic mass is 16.5. The van der Waals surface area contributed by atoms with Crippen molar-refractivity contribution in [1.82, 2.24) is 4.90 Å². The van der Waals surface area contributed by atoms with Gasteiger partial charge in [-0.1, -0.05) is 45.4 Å². The van der Waals surface area contributed by atoms with Crippen molar-refractivity contribution in [3.8, 4) is 0 Å². The molecule has 0 aliphatic heterocycles. The van der Waals surface area contributed by atoms with Gasteiger partial charge in [-0.05, 0) is 6.42 Å². The Morgan fingerprint density at radius 1 is 1.07 bits per heavy atom. The van der Waals surface area contributed by atoms with Gasteiger partial charge in [0.2, 0.25) is 0 Å². The minimum absolute atomic E-state index is 0.235. The number of carbonyl (C=O) groups excluding carboxylic acids is 1. The molecule has 3 heteroatoms. The van der Waals surface area contributed by atoms with Crippen molar-refractivity contribution in [3.63, 3.8) is 0 Å². The van der Waals surface area contributed by atoms with Crippen LogP contribution in [-0.4, -0.2) is 31.7 Å². The lowest BCUT2D eigenvalue weighted by molar-refractivity contribution is 0.132. The number of hydrogen-bond donors (Lipinski definition) is 0. The summed E-state index contributed by atoms with van der Waals surface area (Å²) in [6.07, 6.45) is 8.67. The Labute approximate surface area is 93.8 Å². The maximum absolute atomic E-state index is 11.0. The SMILES string of the molecule is CCCCCCCCCN(C)C(=O)OC. The number of hydrogen-bond acceptors (Lipinski definition) is 2. The number of rotatable bonds is 8. The molecule has 0 radical (unpaired) electrons. The van der Waals surface area contributed by atoms with Gasteiger partial charge >= 0.3 is 6.09 Å². The van der Waals surface area contributed by atoms with E-state index in [1.165, 1.54) is 45.6 Å². The van der Waals surface area contributed by atoms with Gasteiger partial charge in [0.15, 0.2) is 0 Å². The van der Waals surface area contributed by atoms with Crippen LogP contribution in [0.4, 0.5) is 4.79 Å². The third-order valence-electron chi connectivity index (χ3n) is 2.58. The largest absolute Gasteiger partial charge is 0.453 e. The topological polar surface area (TPSA) is 29.5 Å². The molecule has 0 aliphatic rings. The predicted octanol–water partition coefficient (Wildman–Crippen LogP) is 3.44. The Morgan fingerprint density at radius 2 is 1.60 bits per heavy atom. The molecule has 90 valence electrons. The quantitative estimate of drug-likeness (QED) is 0.580. The van der Waals surface area contributed by atoms with Crippen molar-refractivity contribution in [2.75, 3.05) is 20.7 Å². The lowest BCUT2D eigenvalue weighted by Crippen LogP contribution is -2.27. The van der Waals surface area contributed by atoms with Gasteiger partial charge in [0, 0.05) is 13.6 Å². The van der Waals surface area contributed by atoms with E-state index in [0.29, 0.717) is 0 Å². The monoisotopic (exact) mass is 215 g/mol. The fourth-order valence-corrected chi connectivity index (χ4v) is 1.55. The maximum atomic E-state index is 11.0. The summed E-state index contributed by atoms with van der Waals surface area (Å²) in [5.74, 6) is 0. The van der Waals surface area contributed by atoms with E-state index in [4.69, 9.17) is 0 Å². The van der Waals surface area contributed by atoms with E-state index < -0.39 is 0 Å². The molecule has 0 fully saturated rings. The number of unbranched alkanes of at least 4 members (excludes halogenated alkanes) is 6. The summed E-state index contributed by atoms with van der Waals surface area (Å²) < 4.78 is 4.61. The number of amides is 1. The smallest absolute Gasteiger partial charge is 0.409 e. The molecule has 0 aromatic rings. The van der Waals surface area contributed by atoms with Crippen molar-refractivity contribution in [2.45, 2.75) is 51.9 Å². The van der Waals surface area contributed by atoms with E-state index >= 15 is 0 Å². The third kappa shape index (κ3) is 8.28. The van der Waals surface area contributed by atoms with Gasteiger partial charge in [0.25, 0.3) is 0 Å². The van der Waals surface area contributed by atoms with Gasteiger partial charge in [0.1, 0.15) is 0 Å². The third-order valence-corrected chi connectivity index (χ3v) is 2.58. The highest BCUT2D eigenvalue weighted by molar-refractivity contribution is 5.66. The molecule has 0 unspecified atom stereocenters. The van der Waals surface area contributed by atoms with Gasteiger partial charge in [-0.25, -0.2) is 4.79 Å². The van der Waals surface area contributed by atoms with E-state index in [9.17, 15) is 4.79 Å². The van der Waals surface area contributed by atoms with Crippen LogP contribution in [0.3, 0.4) is 0 Å². The number of methoxy groups -OCH3 is 1. The number of nitrogens with zero attached hydrogens (tertiary/aromatic N) is 1. The maximum Gasteiger partial charge on any atom is 0.409 e. The molecule has 1 amide bonds. The van der Waals surface area contributed by atoms with Crippen molar-refractivity contribution < 1.29 is 9.53 Å². The molecular weight excluding hydrogens is 190 g/mol. The predicted molar refractivity (Wildman–Crippen MR) is 63.0 cm³/mol. The molecule has 0 aromatic heterocycles. The summed E-state index contributed by atoms with van der Waals surface area (Å²) in [7, 11) is 3.20. The molecule has 0 saturated heterocycles. The van der Waals surface area contributed by atoms with Crippen LogP contribution in [0, 0.1) is 0 Å². The molecule has 0 aliphatic carbocycles. The molecule has 0 bridgehead atoms. The molecule has 15 heavy (non-hydrogen) atoms. The van der Waals surface area contributed by atoms with Gasteiger partial charge in [0.05, 0.1) is 7.11 Å². The minimum Gasteiger partial charge on any atom is -0.453 e. The molecule has 0 heterocycles. The van der Waals surface area contributed by atoms with E-state index in [1.54, 1.807) is 11.9 Å². The van der Waals surface area contributed by atoms with Gasteiger partial charge in [-0.3, -0.25) is 0 Å². The normalized spacial score (nSPS) is 10.1. The van der Waals surface area contributed by atoms with Crippen LogP contribution in [-0.2, 0) is 4.74 Å². The Morgan fingerprint density at radius 3 is 2.13 bits per heavy atom. The fraction of sp³-hybridized carbons (Fsp3) is 0.917. The fourth-order valence-electron chi connectivity index (χ4n) is 1.55. The summed E-state index contributed by atoms with van der Waals surface area (Å²) >= 11 is 0. The van der Waals surface area contributed by atoms with Crippen LogP contribution in [0.15, 0.2) is 0 Å². The van der Waals surface area contributed by atoms with Crippen LogP contribution < -0.4 is 0 Å². The zero-order valence-corrected chi connectivity index (χ0v) is 10.4. The Balaban J connectivity index is 3.20. The standard InChI is InChI=1S/C12H25NO2/c1-4-5-6-7-8-9-10-11-13(2)12(14)15-3/h4-11H2,1-3H3. The average molecular weight is 215 g/mol. The highest BCUT2D eigenvalue weighted by Crippen LogP contribution is 2.07. The molecular formula is C12H25NO2. The zero-order chi connectivity index (χ0) is 11.5. The van der Waals surface area contributed by atoms with Gasteiger partial charge < -0.3 is 9.64 Å². The van der Waals surface area contributed by atoms with Crippen molar-refractivity contribution in [1.29, 1.82) is 0 Å². The summed E-state index contributed by atoms with van der Waals surface area (Å²) in [6.45, 7) is 3.03. The Kier molecular flexibility index (Phi) is 9.33. The summed E-state index contributed by atoms with van der Waals surface area (Å²) in [6, 6.07) is 0. The second kappa shape index (κ2) is 9.81. The van der Waals surface area contributed by atoms with Crippen molar-refractivity contribution in [3.05, 3.63) is 0 Å². The first-order valence-electron chi connectivity index (χ1n) is 6.01. The van der Waals surface area contributed by atoms with E-state index in [0.717, 1.165) is 13.0 Å². The zero-order valence-electron chi connectivity index (χ0n) is 10.4. The lowest BCUT2D eigenvalue weighted by atomic mass is 10.1. The lowest BCUT2D eigenvalue weighted by Gasteiger charge is -2.14. The molecule has 3 nitrogen and oxygen atoms in total. The molecule has 0 atom stereocenters. The summed E-state index contributed by atoms with van der Waals surface area (Å²) in [5, 5.41) is 0. The van der Waals surface area contributed by atoms with Crippen LogP contribution in [0.5, 0.6) is 0 Å². The highest BCUT2D eigenvalue weighted by Gasteiger charge is 2.05. The van der Waals surface area contributed by atoms with E-state index in [-0.39, 0.29) is 6.09 Å². The molecule has 0 saturated carbocycles. The van der Waals surface area contributed by atoms with E-state index in [1.807, 2.05) is 0 Å². The summed E-state index contributed by atoms with van der Waals surface area (Å²) in [4.78, 5) is 12.7. The Bertz CT molecular complexity index is 160.